The Balaban J connectivity index is 0.948. The van der Waals surface area contributed by atoms with Crippen molar-refractivity contribution in [3.63, 3.8) is 0 Å². The zero-order chi connectivity index (χ0) is 48.5. The molecule has 2 aliphatic carbocycles. The van der Waals surface area contributed by atoms with Gasteiger partial charge in [0.25, 0.3) is 0 Å². The molecule has 3 aromatic rings. The van der Waals surface area contributed by atoms with Crippen LogP contribution in [0.2, 0.25) is 0 Å². The van der Waals surface area contributed by atoms with E-state index in [0.29, 0.717) is 101 Å². The van der Waals surface area contributed by atoms with E-state index < -0.39 is 35.7 Å². The molecule has 2 fully saturated rings. The van der Waals surface area contributed by atoms with Crippen molar-refractivity contribution in [1.29, 1.82) is 0 Å². The molecular formula is C53H64O15. The molecule has 0 aliphatic heterocycles. The number of ether oxygens (including phenoxy) is 9. The Morgan fingerprint density at radius 1 is 0.426 bits per heavy atom. The van der Waals surface area contributed by atoms with Crippen molar-refractivity contribution in [2.75, 3.05) is 33.5 Å². The molecule has 0 atom stereocenters. The second kappa shape index (κ2) is 28.5. The van der Waals surface area contributed by atoms with Crippen LogP contribution in [-0.2, 0) is 38.2 Å². The summed E-state index contributed by atoms with van der Waals surface area (Å²) in [5, 5.41) is 0. The highest BCUT2D eigenvalue weighted by atomic mass is 16.6. The van der Waals surface area contributed by atoms with Crippen LogP contribution in [0.5, 0.6) is 40.2 Å². The molecular weight excluding hydrogens is 877 g/mol. The molecule has 15 heteroatoms. The fraction of sp³-hybridized carbons (Fsp3) is 0.472. The van der Waals surface area contributed by atoms with E-state index in [-0.39, 0.29) is 41.0 Å². The third-order valence-corrected chi connectivity index (χ3v) is 11.9. The summed E-state index contributed by atoms with van der Waals surface area (Å²) in [7, 11) is 1.43. The van der Waals surface area contributed by atoms with Gasteiger partial charge in [-0.15, -0.1) is 0 Å². The van der Waals surface area contributed by atoms with Crippen LogP contribution in [0.15, 0.2) is 92.0 Å². The van der Waals surface area contributed by atoms with Gasteiger partial charge >= 0.3 is 35.8 Å². The first-order valence-corrected chi connectivity index (χ1v) is 23.6. The third-order valence-electron chi connectivity index (χ3n) is 11.9. The number of unbranched alkanes of at least 4 members (excludes halogenated alkanes) is 6. The molecule has 0 amide bonds. The minimum absolute atomic E-state index is 0.185. The number of carbonyl (C=O) groups excluding carboxylic acids is 6. The van der Waals surface area contributed by atoms with Crippen LogP contribution < -0.4 is 33.2 Å². The number of rotatable bonds is 27. The monoisotopic (exact) mass is 940 g/mol. The van der Waals surface area contributed by atoms with Crippen LogP contribution in [-0.4, -0.2) is 69.4 Å². The quantitative estimate of drug-likeness (QED) is 0.0304. The molecule has 68 heavy (non-hydrogen) atoms. The highest BCUT2D eigenvalue weighted by Gasteiger charge is 2.34. The topological polar surface area (TPSA) is 185 Å². The maximum atomic E-state index is 13.2. The zero-order valence-corrected chi connectivity index (χ0v) is 39.0. The molecule has 3 aromatic carbocycles. The van der Waals surface area contributed by atoms with E-state index in [1.807, 2.05) is 0 Å². The fourth-order valence-electron chi connectivity index (χ4n) is 7.88. The van der Waals surface area contributed by atoms with Gasteiger partial charge in [-0.3, -0.25) is 19.2 Å². The van der Waals surface area contributed by atoms with Crippen LogP contribution in [0.3, 0.4) is 0 Å². The Hall–Kier alpha value is -6.64. The Bertz CT molecular complexity index is 2110. The van der Waals surface area contributed by atoms with Gasteiger partial charge in [0.15, 0.2) is 11.5 Å². The Kier molecular flexibility index (Phi) is 21.9. The molecule has 0 unspecified atom stereocenters. The first kappa shape index (κ1) is 52.3. The maximum Gasteiger partial charge on any atom is 0.330 e. The molecule has 0 radical (unpaired) electrons. The van der Waals surface area contributed by atoms with Gasteiger partial charge in [0.2, 0.25) is 0 Å². The number of hydrogen-bond donors (Lipinski definition) is 0. The summed E-state index contributed by atoms with van der Waals surface area (Å²) < 4.78 is 49.7. The summed E-state index contributed by atoms with van der Waals surface area (Å²) in [6.45, 7) is 8.58. The van der Waals surface area contributed by atoms with E-state index in [1.165, 1.54) is 19.2 Å². The standard InChI is InChI=1S/C53H64O15/c1-4-48(54)63-34-12-8-6-10-32-61-41-22-26-43(27-23-41)65-50(56)37-14-16-39(17-15-37)52(58)67-45-30-31-46(47(36-45)60-3)68-53(59)40-20-18-38(19-21-40)51(57)66-44-28-24-42(25-29-44)62-33-11-7-9-13-35-64-49(55)5-2/h4-5,22-31,36-40H,1-2,6-21,32-35H2,3H3. The molecule has 0 aromatic heterocycles. The van der Waals surface area contributed by atoms with Gasteiger partial charge in [-0.05, 0) is 163 Å². The normalized spacial score (nSPS) is 17.6. The average Bonchev–Trinajstić information content (AvgIpc) is 3.36. The van der Waals surface area contributed by atoms with Gasteiger partial charge < -0.3 is 42.6 Å². The van der Waals surface area contributed by atoms with E-state index >= 15 is 0 Å². The maximum absolute atomic E-state index is 13.2. The number of hydrogen-bond acceptors (Lipinski definition) is 15. The Morgan fingerprint density at radius 3 is 1.12 bits per heavy atom. The lowest BCUT2D eigenvalue weighted by Crippen LogP contribution is -2.30. The Morgan fingerprint density at radius 2 is 0.750 bits per heavy atom. The average molecular weight is 941 g/mol. The predicted octanol–water partition coefficient (Wildman–Crippen LogP) is 9.67. The van der Waals surface area contributed by atoms with E-state index in [1.54, 1.807) is 54.6 Å². The lowest BCUT2D eigenvalue weighted by molar-refractivity contribution is -0.145. The lowest BCUT2D eigenvalue weighted by Gasteiger charge is -2.26. The van der Waals surface area contributed by atoms with Crippen molar-refractivity contribution >= 4 is 35.8 Å². The van der Waals surface area contributed by atoms with Crippen molar-refractivity contribution in [3.05, 3.63) is 92.0 Å². The van der Waals surface area contributed by atoms with Gasteiger partial charge in [0.05, 0.1) is 57.2 Å². The molecule has 0 saturated heterocycles. The molecule has 0 spiro atoms. The summed E-state index contributed by atoms with van der Waals surface area (Å²) in [6, 6.07) is 18.4. The summed E-state index contributed by atoms with van der Waals surface area (Å²) in [5.74, 6) is -1.07. The van der Waals surface area contributed by atoms with Crippen molar-refractivity contribution < 1.29 is 71.4 Å². The number of carbonyl (C=O) groups is 6. The second-order valence-corrected chi connectivity index (χ2v) is 16.8. The lowest BCUT2D eigenvalue weighted by atomic mass is 9.82. The summed E-state index contributed by atoms with van der Waals surface area (Å²) in [6.07, 6.45) is 13.0. The minimum Gasteiger partial charge on any atom is -0.494 e. The first-order valence-electron chi connectivity index (χ1n) is 23.6. The highest BCUT2D eigenvalue weighted by Crippen LogP contribution is 2.37. The number of benzene rings is 3. The fourth-order valence-corrected chi connectivity index (χ4v) is 7.88. The highest BCUT2D eigenvalue weighted by molar-refractivity contribution is 5.82. The van der Waals surface area contributed by atoms with Crippen LogP contribution in [0, 0.1) is 23.7 Å². The minimum atomic E-state index is -0.438. The van der Waals surface area contributed by atoms with Crippen molar-refractivity contribution in [3.8, 4) is 40.2 Å². The molecule has 0 bridgehead atoms. The predicted molar refractivity (Wildman–Crippen MR) is 250 cm³/mol. The van der Waals surface area contributed by atoms with Crippen LogP contribution in [0.25, 0.3) is 0 Å². The van der Waals surface area contributed by atoms with Gasteiger partial charge in [0.1, 0.15) is 28.7 Å². The third kappa shape index (κ3) is 17.9. The van der Waals surface area contributed by atoms with Crippen LogP contribution in [0.1, 0.15) is 103 Å². The van der Waals surface area contributed by atoms with Crippen LogP contribution >= 0.6 is 0 Å². The van der Waals surface area contributed by atoms with Gasteiger partial charge in [0, 0.05) is 18.2 Å². The molecule has 2 saturated carbocycles. The molecule has 0 N–H and O–H groups in total. The van der Waals surface area contributed by atoms with Crippen LogP contribution in [0.4, 0.5) is 0 Å². The summed E-state index contributed by atoms with van der Waals surface area (Å²) in [4.78, 5) is 74.5. The largest absolute Gasteiger partial charge is 0.494 e. The van der Waals surface area contributed by atoms with E-state index in [0.717, 1.165) is 63.5 Å². The molecule has 15 nitrogen and oxygen atoms in total. The van der Waals surface area contributed by atoms with Gasteiger partial charge in [-0.25, -0.2) is 9.59 Å². The van der Waals surface area contributed by atoms with Crippen molar-refractivity contribution in [1.82, 2.24) is 0 Å². The molecule has 0 heterocycles. The number of esters is 6. The SMILES string of the molecule is C=CC(=O)OCCCCCCOc1ccc(OC(=O)C2CCC(C(=O)Oc3ccc(OC(=O)C4CCC(C(=O)Oc5ccc(OCCCCCCOC(=O)C=C)cc5)CC4)c(OC)c3)CC2)cc1. The zero-order valence-electron chi connectivity index (χ0n) is 39.0. The number of methoxy groups -OCH3 is 1. The van der Waals surface area contributed by atoms with Gasteiger partial charge in [-0.2, -0.15) is 0 Å². The second-order valence-electron chi connectivity index (χ2n) is 16.8. The van der Waals surface area contributed by atoms with Crippen molar-refractivity contribution in [2.45, 2.75) is 103 Å². The van der Waals surface area contributed by atoms with Gasteiger partial charge in [-0.1, -0.05) is 13.2 Å². The first-order chi connectivity index (χ1) is 33.0. The van der Waals surface area contributed by atoms with E-state index in [4.69, 9.17) is 42.6 Å². The van der Waals surface area contributed by atoms with E-state index in [9.17, 15) is 28.8 Å². The molecule has 5 rings (SSSR count). The van der Waals surface area contributed by atoms with Crippen molar-refractivity contribution in [2.24, 2.45) is 23.7 Å². The summed E-state index contributed by atoms with van der Waals surface area (Å²) >= 11 is 0. The molecule has 2 aliphatic rings. The Labute approximate surface area is 398 Å². The molecule has 366 valence electrons. The van der Waals surface area contributed by atoms with E-state index in [2.05, 4.69) is 13.2 Å². The summed E-state index contributed by atoms with van der Waals surface area (Å²) in [5.41, 5.74) is 0. The smallest absolute Gasteiger partial charge is 0.330 e.